The summed E-state index contributed by atoms with van der Waals surface area (Å²) in [5, 5.41) is 1.90. The van der Waals surface area contributed by atoms with Gasteiger partial charge >= 0.3 is 6.09 Å². The molecular weight excluding hydrogens is 312 g/mol. The maximum atomic E-state index is 12.4. The van der Waals surface area contributed by atoms with E-state index in [1.165, 1.54) is 11.3 Å². The lowest BCUT2D eigenvalue weighted by Crippen LogP contribution is -2.51. The van der Waals surface area contributed by atoms with Crippen molar-refractivity contribution in [3.05, 3.63) is 22.4 Å². The number of carbonyl (C=O) groups excluding carboxylic acids is 2. The Kier molecular flexibility index (Phi) is 5.68. The minimum atomic E-state index is -0.502. The smallest absolute Gasteiger partial charge is 0.410 e. The summed E-state index contributed by atoms with van der Waals surface area (Å²) in [5.74, 6) is 0.00899. The second kappa shape index (κ2) is 7.34. The van der Waals surface area contributed by atoms with E-state index in [2.05, 4.69) is 0 Å². The molecule has 1 fully saturated rings. The Hall–Kier alpha value is -1.56. The van der Waals surface area contributed by atoms with Crippen molar-refractivity contribution in [3.8, 4) is 0 Å². The number of hydrogen-bond donors (Lipinski definition) is 0. The minimum absolute atomic E-state index is 0.00899. The molecule has 6 heteroatoms. The van der Waals surface area contributed by atoms with E-state index in [-0.39, 0.29) is 18.0 Å². The fourth-order valence-corrected chi connectivity index (χ4v) is 3.46. The predicted molar refractivity (Wildman–Crippen MR) is 91.9 cm³/mol. The monoisotopic (exact) mass is 338 g/mol. The molecule has 23 heavy (non-hydrogen) atoms. The second-order valence-corrected chi connectivity index (χ2v) is 7.93. The molecule has 1 saturated heterocycles. The van der Waals surface area contributed by atoms with Crippen LogP contribution in [0.4, 0.5) is 4.79 Å². The van der Waals surface area contributed by atoms with Gasteiger partial charge in [-0.15, -0.1) is 11.3 Å². The highest BCUT2D eigenvalue weighted by molar-refractivity contribution is 7.12. The molecule has 2 rings (SSSR count). The quantitative estimate of drug-likeness (QED) is 0.846. The molecule has 1 aromatic heterocycles. The molecule has 0 unspecified atom stereocenters. The van der Waals surface area contributed by atoms with Gasteiger partial charge in [-0.05, 0) is 51.5 Å². The Bertz CT molecular complexity index is 537. The minimum Gasteiger partial charge on any atom is -0.444 e. The van der Waals surface area contributed by atoms with Crippen LogP contribution in [-0.4, -0.2) is 53.6 Å². The zero-order valence-electron chi connectivity index (χ0n) is 14.4. The van der Waals surface area contributed by atoms with Gasteiger partial charge in [0.25, 0.3) is 5.91 Å². The standard InChI is InChI=1S/C17H26N2O3S/c1-17(2,3)22-16(21)19-10-6-5-8-13(19)12-18(4)15(20)14-9-7-11-23-14/h7,9,11,13H,5-6,8,10,12H2,1-4H3/t13-/m0/s1. The number of likely N-dealkylation sites (N-methyl/N-ethyl adjacent to an activating group) is 1. The first-order chi connectivity index (χ1) is 10.8. The van der Waals surface area contributed by atoms with Crippen molar-refractivity contribution >= 4 is 23.3 Å². The molecule has 1 aliphatic rings. The highest BCUT2D eigenvalue weighted by Crippen LogP contribution is 2.22. The number of hydrogen-bond acceptors (Lipinski definition) is 4. The van der Waals surface area contributed by atoms with Crippen LogP contribution in [0.1, 0.15) is 49.7 Å². The van der Waals surface area contributed by atoms with E-state index >= 15 is 0 Å². The van der Waals surface area contributed by atoms with Crippen molar-refractivity contribution in [3.63, 3.8) is 0 Å². The summed E-state index contributed by atoms with van der Waals surface area (Å²) in [6.45, 7) is 6.85. The van der Waals surface area contributed by atoms with Crippen LogP contribution in [0, 0.1) is 0 Å². The Morgan fingerprint density at radius 2 is 2.13 bits per heavy atom. The first kappa shape index (κ1) is 17.8. The van der Waals surface area contributed by atoms with E-state index in [1.54, 1.807) is 16.8 Å². The van der Waals surface area contributed by atoms with Crippen LogP contribution in [0.2, 0.25) is 0 Å². The van der Waals surface area contributed by atoms with Gasteiger partial charge in [-0.2, -0.15) is 0 Å². The fraction of sp³-hybridized carbons (Fsp3) is 0.647. The average molecular weight is 338 g/mol. The van der Waals surface area contributed by atoms with Crippen LogP contribution in [-0.2, 0) is 4.74 Å². The summed E-state index contributed by atoms with van der Waals surface area (Å²) < 4.78 is 5.51. The zero-order valence-corrected chi connectivity index (χ0v) is 15.2. The number of ether oxygens (including phenoxy) is 1. The number of rotatable bonds is 3. The summed E-state index contributed by atoms with van der Waals surface area (Å²) in [6.07, 6.45) is 2.68. The molecule has 0 saturated carbocycles. The van der Waals surface area contributed by atoms with Crippen molar-refractivity contribution in [2.75, 3.05) is 20.1 Å². The van der Waals surface area contributed by atoms with Crippen LogP contribution < -0.4 is 0 Å². The van der Waals surface area contributed by atoms with Gasteiger partial charge in [0.05, 0.1) is 10.9 Å². The molecule has 0 radical (unpaired) electrons. The third-order valence-electron chi connectivity index (χ3n) is 3.82. The molecule has 0 bridgehead atoms. The van der Waals surface area contributed by atoms with Crippen LogP contribution in [0.15, 0.2) is 17.5 Å². The van der Waals surface area contributed by atoms with Gasteiger partial charge in [-0.1, -0.05) is 6.07 Å². The van der Waals surface area contributed by atoms with Crippen LogP contribution >= 0.6 is 11.3 Å². The molecule has 2 amide bonds. The number of amides is 2. The summed E-state index contributed by atoms with van der Waals surface area (Å²) in [7, 11) is 1.80. The topological polar surface area (TPSA) is 49.9 Å². The molecule has 128 valence electrons. The summed E-state index contributed by atoms with van der Waals surface area (Å²) in [5.41, 5.74) is -0.502. The lowest BCUT2D eigenvalue weighted by molar-refractivity contribution is 0.00607. The molecule has 0 N–H and O–H groups in total. The number of thiophene rings is 1. The maximum Gasteiger partial charge on any atom is 0.410 e. The Balaban J connectivity index is 2.00. The molecule has 0 spiro atoms. The van der Waals surface area contributed by atoms with Gasteiger partial charge in [-0.3, -0.25) is 4.79 Å². The van der Waals surface area contributed by atoms with Gasteiger partial charge in [0.15, 0.2) is 0 Å². The molecule has 5 nitrogen and oxygen atoms in total. The maximum absolute atomic E-state index is 12.4. The molecule has 1 atom stereocenters. The highest BCUT2D eigenvalue weighted by Gasteiger charge is 2.32. The van der Waals surface area contributed by atoms with E-state index in [0.29, 0.717) is 13.1 Å². The molecular formula is C17H26N2O3S. The van der Waals surface area contributed by atoms with E-state index in [9.17, 15) is 9.59 Å². The summed E-state index contributed by atoms with van der Waals surface area (Å²) in [6, 6.07) is 3.72. The largest absolute Gasteiger partial charge is 0.444 e. The van der Waals surface area contributed by atoms with Gasteiger partial charge < -0.3 is 14.5 Å². The zero-order chi connectivity index (χ0) is 17.0. The molecule has 2 heterocycles. The van der Waals surface area contributed by atoms with Crippen molar-refractivity contribution in [2.24, 2.45) is 0 Å². The van der Waals surface area contributed by atoms with Crippen molar-refractivity contribution in [2.45, 2.75) is 51.7 Å². The van der Waals surface area contributed by atoms with E-state index < -0.39 is 5.60 Å². The van der Waals surface area contributed by atoms with Crippen molar-refractivity contribution in [1.29, 1.82) is 0 Å². The first-order valence-corrected chi connectivity index (χ1v) is 8.94. The third kappa shape index (κ3) is 4.96. The van der Waals surface area contributed by atoms with Crippen molar-refractivity contribution < 1.29 is 14.3 Å². The van der Waals surface area contributed by atoms with Crippen LogP contribution in [0.3, 0.4) is 0 Å². The number of piperidine rings is 1. The van der Waals surface area contributed by atoms with Gasteiger partial charge in [-0.25, -0.2) is 4.79 Å². The average Bonchev–Trinajstić information content (AvgIpc) is 2.99. The van der Waals surface area contributed by atoms with Crippen LogP contribution in [0.5, 0.6) is 0 Å². The molecule has 0 aromatic carbocycles. The first-order valence-electron chi connectivity index (χ1n) is 8.06. The number of likely N-dealkylation sites (tertiary alicyclic amines) is 1. The van der Waals surface area contributed by atoms with Gasteiger partial charge in [0, 0.05) is 20.1 Å². The van der Waals surface area contributed by atoms with E-state index in [0.717, 1.165) is 24.1 Å². The normalized spacial score (nSPS) is 18.6. The lowest BCUT2D eigenvalue weighted by Gasteiger charge is -2.38. The number of nitrogens with zero attached hydrogens (tertiary/aromatic N) is 2. The SMILES string of the molecule is CN(C[C@@H]1CCCCN1C(=O)OC(C)(C)C)C(=O)c1cccs1. The second-order valence-electron chi connectivity index (χ2n) is 6.99. The summed E-state index contributed by atoms with van der Waals surface area (Å²) >= 11 is 1.44. The Morgan fingerprint density at radius 3 is 2.74 bits per heavy atom. The Morgan fingerprint density at radius 1 is 1.39 bits per heavy atom. The van der Waals surface area contributed by atoms with Gasteiger partial charge in [0.2, 0.25) is 0 Å². The number of carbonyl (C=O) groups is 2. The third-order valence-corrected chi connectivity index (χ3v) is 4.68. The predicted octanol–water partition coefficient (Wildman–Crippen LogP) is 3.61. The van der Waals surface area contributed by atoms with Gasteiger partial charge in [0.1, 0.15) is 5.60 Å². The highest BCUT2D eigenvalue weighted by atomic mass is 32.1. The van der Waals surface area contributed by atoms with Crippen molar-refractivity contribution in [1.82, 2.24) is 9.80 Å². The fourth-order valence-electron chi connectivity index (χ4n) is 2.74. The van der Waals surface area contributed by atoms with E-state index in [1.807, 2.05) is 38.3 Å². The molecule has 0 aliphatic carbocycles. The van der Waals surface area contributed by atoms with Crippen LogP contribution in [0.25, 0.3) is 0 Å². The molecule has 1 aliphatic heterocycles. The Labute approximate surface area is 142 Å². The summed E-state index contributed by atoms with van der Waals surface area (Å²) in [4.78, 5) is 29.0. The lowest BCUT2D eigenvalue weighted by atomic mass is 10.0. The van der Waals surface area contributed by atoms with E-state index in [4.69, 9.17) is 4.74 Å². The molecule has 1 aromatic rings.